The van der Waals surface area contributed by atoms with Crippen LogP contribution >= 0.6 is 0 Å². The Morgan fingerprint density at radius 3 is 2.17 bits per heavy atom. The number of ether oxygens (including phenoxy) is 2. The molecule has 0 aromatic heterocycles. The van der Waals surface area contributed by atoms with E-state index in [0.717, 1.165) is 11.3 Å². The smallest absolute Gasteiger partial charge is 0.228 e. The predicted octanol–water partition coefficient (Wildman–Crippen LogP) is 1.01. The molecule has 23 heavy (non-hydrogen) atoms. The van der Waals surface area contributed by atoms with Crippen LogP contribution in [0, 0.1) is 0 Å². The second-order valence-electron chi connectivity index (χ2n) is 4.76. The van der Waals surface area contributed by atoms with Crippen LogP contribution in [-0.4, -0.2) is 25.6 Å². The van der Waals surface area contributed by atoms with Gasteiger partial charge in [0.25, 0.3) is 0 Å². The zero-order valence-electron chi connectivity index (χ0n) is 12.6. The quantitative estimate of drug-likeness (QED) is 0.824. The van der Waals surface area contributed by atoms with Gasteiger partial charge in [-0.3, -0.25) is 4.79 Å². The lowest BCUT2D eigenvalue weighted by Crippen LogP contribution is -2.28. The first-order valence-corrected chi connectivity index (χ1v) is 6.92. The zero-order valence-corrected chi connectivity index (χ0v) is 12.6. The summed E-state index contributed by atoms with van der Waals surface area (Å²) >= 11 is 0. The number of carbonyl (C=O) groups is 2. The second-order valence-corrected chi connectivity index (χ2v) is 4.76. The molecule has 0 saturated heterocycles. The Morgan fingerprint density at radius 1 is 1.00 bits per heavy atom. The molecule has 6 nitrogen and oxygen atoms in total. The number of nitrogens with one attached hydrogen (secondary N) is 1. The Balaban J connectivity index is 1.87. The van der Waals surface area contributed by atoms with Crippen molar-refractivity contribution in [2.45, 2.75) is 6.42 Å². The van der Waals surface area contributed by atoms with Gasteiger partial charge in [0.05, 0.1) is 19.5 Å². The number of methoxy groups -OCH3 is 1. The third-order valence-corrected chi connectivity index (χ3v) is 3.02. The molecule has 0 bridgehead atoms. The van der Waals surface area contributed by atoms with Crippen LogP contribution in [0.4, 0.5) is 5.69 Å². The van der Waals surface area contributed by atoms with Crippen molar-refractivity contribution in [3.8, 4) is 11.5 Å². The molecule has 2 aromatic carbocycles. The summed E-state index contributed by atoms with van der Waals surface area (Å²) in [6.07, 6.45) is 0.243. The van der Waals surface area contributed by atoms with Crippen LogP contribution in [0.2, 0.25) is 0 Å². The van der Waals surface area contributed by atoms with Crippen molar-refractivity contribution in [3.05, 3.63) is 54.1 Å². The maximum Gasteiger partial charge on any atom is 0.228 e. The van der Waals surface area contributed by atoms with Crippen LogP contribution in [-0.2, 0) is 16.0 Å². The fourth-order valence-electron chi connectivity index (χ4n) is 1.91. The Morgan fingerprint density at radius 2 is 1.61 bits per heavy atom. The van der Waals surface area contributed by atoms with Crippen molar-refractivity contribution in [2.75, 3.05) is 19.0 Å². The van der Waals surface area contributed by atoms with E-state index in [1.807, 2.05) is 12.1 Å². The third-order valence-electron chi connectivity index (χ3n) is 3.02. The molecule has 0 radical (unpaired) electrons. The van der Waals surface area contributed by atoms with Crippen molar-refractivity contribution >= 4 is 17.6 Å². The van der Waals surface area contributed by atoms with Gasteiger partial charge in [-0.2, -0.15) is 0 Å². The minimum atomic E-state index is -1.29. The van der Waals surface area contributed by atoms with E-state index in [9.17, 15) is 14.7 Å². The molecule has 0 unspecified atom stereocenters. The fourth-order valence-corrected chi connectivity index (χ4v) is 1.91. The molecule has 1 N–H and O–H groups in total. The summed E-state index contributed by atoms with van der Waals surface area (Å²) in [4.78, 5) is 22.3. The number of hydrogen-bond acceptors (Lipinski definition) is 5. The van der Waals surface area contributed by atoms with Gasteiger partial charge in [0.1, 0.15) is 18.1 Å². The number of rotatable bonds is 7. The van der Waals surface area contributed by atoms with Crippen LogP contribution < -0.4 is 19.9 Å². The van der Waals surface area contributed by atoms with Gasteiger partial charge in [0, 0.05) is 5.69 Å². The normalized spacial score (nSPS) is 9.96. The van der Waals surface area contributed by atoms with Crippen molar-refractivity contribution in [2.24, 2.45) is 0 Å². The van der Waals surface area contributed by atoms with Gasteiger partial charge in [-0.25, -0.2) is 0 Å². The summed E-state index contributed by atoms with van der Waals surface area (Å²) in [5, 5.41) is 13.1. The highest BCUT2D eigenvalue weighted by Gasteiger charge is 2.05. The van der Waals surface area contributed by atoms with E-state index in [1.165, 1.54) is 0 Å². The number of amides is 1. The Bertz CT molecular complexity index is 664. The lowest BCUT2D eigenvalue weighted by molar-refractivity contribution is -0.307. The van der Waals surface area contributed by atoms with Gasteiger partial charge in [-0.15, -0.1) is 0 Å². The molecule has 0 heterocycles. The highest BCUT2D eigenvalue weighted by molar-refractivity contribution is 5.92. The maximum absolute atomic E-state index is 12.0. The number of carboxylic acid groups (broad SMARTS) is 1. The van der Waals surface area contributed by atoms with E-state index in [0.29, 0.717) is 11.4 Å². The van der Waals surface area contributed by atoms with Crippen LogP contribution in [0.5, 0.6) is 11.5 Å². The van der Waals surface area contributed by atoms with Crippen LogP contribution in [0.3, 0.4) is 0 Å². The molecule has 2 aromatic rings. The molecule has 0 aliphatic carbocycles. The molecule has 2 rings (SSSR count). The molecule has 0 saturated carbocycles. The third kappa shape index (κ3) is 5.35. The molecular weight excluding hydrogens is 298 g/mol. The first kappa shape index (κ1) is 16.4. The van der Waals surface area contributed by atoms with Crippen LogP contribution in [0.25, 0.3) is 0 Å². The lowest BCUT2D eigenvalue weighted by Gasteiger charge is -2.09. The van der Waals surface area contributed by atoms with Crippen LogP contribution in [0.1, 0.15) is 5.56 Å². The average molecular weight is 314 g/mol. The molecule has 0 spiro atoms. The van der Waals surface area contributed by atoms with Gasteiger partial charge in [-0.1, -0.05) is 12.1 Å². The first-order valence-electron chi connectivity index (χ1n) is 6.92. The first-order chi connectivity index (χ1) is 11.1. The highest BCUT2D eigenvalue weighted by Crippen LogP contribution is 2.16. The SMILES string of the molecule is COc1ccc(CC(=O)Nc2ccc(OCC(=O)[O-])cc2)cc1. The molecule has 0 aliphatic heterocycles. The van der Waals surface area contributed by atoms with Gasteiger partial charge in [-0.05, 0) is 42.0 Å². The molecule has 0 fully saturated rings. The molecular formula is C17H16NO5-. The number of hydrogen-bond donors (Lipinski definition) is 1. The lowest BCUT2D eigenvalue weighted by atomic mass is 10.1. The molecule has 0 atom stereocenters. The van der Waals surface area contributed by atoms with Gasteiger partial charge < -0.3 is 24.7 Å². The van der Waals surface area contributed by atoms with Crippen molar-refractivity contribution < 1.29 is 24.2 Å². The monoisotopic (exact) mass is 314 g/mol. The highest BCUT2D eigenvalue weighted by atomic mass is 16.5. The van der Waals surface area contributed by atoms with E-state index >= 15 is 0 Å². The topological polar surface area (TPSA) is 87.7 Å². The summed E-state index contributed by atoms with van der Waals surface area (Å²) in [5.41, 5.74) is 1.47. The number of carboxylic acids is 1. The predicted molar refractivity (Wildman–Crippen MR) is 82.3 cm³/mol. The standard InChI is InChI=1S/C17H17NO5/c1-22-14-6-2-12(3-7-14)10-16(19)18-13-4-8-15(9-5-13)23-11-17(20)21/h2-9H,10-11H2,1H3,(H,18,19)(H,20,21)/p-1. The Kier molecular flexibility index (Phi) is 5.57. The molecule has 6 heteroatoms. The minimum absolute atomic E-state index is 0.154. The minimum Gasteiger partial charge on any atom is -0.546 e. The fraction of sp³-hybridized carbons (Fsp3) is 0.176. The van der Waals surface area contributed by atoms with Gasteiger partial charge in [0.15, 0.2) is 0 Å². The number of anilines is 1. The van der Waals surface area contributed by atoms with E-state index in [4.69, 9.17) is 9.47 Å². The maximum atomic E-state index is 12.0. The summed E-state index contributed by atoms with van der Waals surface area (Å²) in [5.74, 6) is -0.316. The molecule has 120 valence electrons. The number of aliphatic carboxylic acids is 1. The van der Waals surface area contributed by atoms with E-state index in [2.05, 4.69) is 5.32 Å². The molecule has 0 aliphatic rings. The zero-order chi connectivity index (χ0) is 16.7. The summed E-state index contributed by atoms with van der Waals surface area (Å²) in [7, 11) is 1.59. The summed E-state index contributed by atoms with van der Waals surface area (Å²) in [6.45, 7) is -0.511. The van der Waals surface area contributed by atoms with Crippen LogP contribution in [0.15, 0.2) is 48.5 Å². The summed E-state index contributed by atoms with van der Waals surface area (Å²) in [6, 6.07) is 13.7. The van der Waals surface area contributed by atoms with Gasteiger partial charge >= 0.3 is 0 Å². The average Bonchev–Trinajstić information content (AvgIpc) is 2.55. The second kappa shape index (κ2) is 7.84. The van der Waals surface area contributed by atoms with Gasteiger partial charge in [0.2, 0.25) is 5.91 Å². The van der Waals surface area contributed by atoms with E-state index < -0.39 is 12.6 Å². The summed E-state index contributed by atoms with van der Waals surface area (Å²) < 4.78 is 10.0. The Hall–Kier alpha value is -3.02. The van der Waals surface area contributed by atoms with E-state index in [-0.39, 0.29) is 12.3 Å². The van der Waals surface area contributed by atoms with Crippen molar-refractivity contribution in [1.29, 1.82) is 0 Å². The van der Waals surface area contributed by atoms with Crippen molar-refractivity contribution in [3.63, 3.8) is 0 Å². The molecule has 1 amide bonds. The Labute approximate surface area is 133 Å². The van der Waals surface area contributed by atoms with E-state index in [1.54, 1.807) is 43.5 Å². The number of benzene rings is 2. The number of carbonyl (C=O) groups excluding carboxylic acids is 2. The van der Waals surface area contributed by atoms with Crippen molar-refractivity contribution in [1.82, 2.24) is 0 Å². The largest absolute Gasteiger partial charge is 0.546 e.